The van der Waals surface area contributed by atoms with Gasteiger partial charge in [0.1, 0.15) is 0 Å². The van der Waals surface area contributed by atoms with Crippen LogP contribution in [0.25, 0.3) is 0 Å². The second kappa shape index (κ2) is 9.43. The lowest BCUT2D eigenvalue weighted by Crippen LogP contribution is -2.13. The Kier molecular flexibility index (Phi) is 11.2. The van der Waals surface area contributed by atoms with Crippen LogP contribution in [-0.4, -0.2) is 12.4 Å². The van der Waals surface area contributed by atoms with E-state index in [1.54, 1.807) is 12.4 Å². The number of rotatable bonds is 3. The van der Waals surface area contributed by atoms with Crippen LogP contribution in [0.3, 0.4) is 0 Å². The fourth-order valence-corrected chi connectivity index (χ4v) is 0.755. The Hall–Kier alpha value is -0.570. The molecule has 11 heavy (non-hydrogen) atoms. The number of nitrogens with two attached hydrogens (primary N) is 1. The van der Waals surface area contributed by atoms with Gasteiger partial charge in [-0.15, -0.1) is 0 Å². The normalized spacial score (nSPS) is 10.5. The summed E-state index contributed by atoms with van der Waals surface area (Å²) in [6.07, 6.45) is 0.837. The van der Waals surface area contributed by atoms with Crippen molar-refractivity contribution in [2.75, 3.05) is 7.05 Å². The first kappa shape index (κ1) is 13.1. The number of nitrogens with one attached hydrogen (secondary N) is 1. The first-order chi connectivity index (χ1) is 5.26. The highest BCUT2D eigenvalue weighted by atomic mass is 32.1. The van der Waals surface area contributed by atoms with Gasteiger partial charge in [-0.05, 0) is 6.42 Å². The van der Waals surface area contributed by atoms with Crippen LogP contribution in [0.4, 0.5) is 0 Å². The molecule has 2 nitrogen and oxygen atoms in total. The zero-order valence-electron chi connectivity index (χ0n) is 7.77. The van der Waals surface area contributed by atoms with Gasteiger partial charge in [-0.1, -0.05) is 33.0 Å². The fraction of sp³-hybridized carbons (Fsp3) is 0.625. The van der Waals surface area contributed by atoms with Crippen molar-refractivity contribution in [2.24, 2.45) is 5.73 Å². The summed E-state index contributed by atoms with van der Waals surface area (Å²) in [5.74, 6) is 0. The molecule has 0 aromatic carbocycles. The lowest BCUT2D eigenvalue weighted by molar-refractivity contribution is 0.964. The predicted molar refractivity (Wildman–Crippen MR) is 55.6 cm³/mol. The smallest absolute Gasteiger partial charge is 0.0637 e. The molecule has 66 valence electrons. The summed E-state index contributed by atoms with van der Waals surface area (Å²) >= 11 is 4.69. The zero-order valence-corrected chi connectivity index (χ0v) is 8.59. The number of thiocarbonyl (C=S) groups is 1. The summed E-state index contributed by atoms with van der Waals surface area (Å²) in [6, 6.07) is 0. The summed E-state index contributed by atoms with van der Waals surface area (Å²) < 4.78 is 0. The van der Waals surface area contributed by atoms with Crippen molar-refractivity contribution < 1.29 is 0 Å². The summed E-state index contributed by atoms with van der Waals surface area (Å²) in [6.45, 7) is 5.99. The molecular weight excluding hydrogens is 156 g/mol. The quantitative estimate of drug-likeness (QED) is 0.506. The minimum atomic E-state index is 0.813. The third kappa shape index (κ3) is 5.85. The number of allylic oxidation sites excluding steroid dienone is 2. The molecule has 0 aliphatic heterocycles. The Morgan fingerprint density at radius 2 is 2.00 bits per heavy atom. The monoisotopic (exact) mass is 174 g/mol. The lowest BCUT2D eigenvalue weighted by Gasteiger charge is -2.02. The summed E-state index contributed by atoms with van der Waals surface area (Å²) in [5.41, 5.74) is 7.22. The number of hydrogen-bond donors (Lipinski definition) is 2. The van der Waals surface area contributed by atoms with Crippen molar-refractivity contribution >= 4 is 17.6 Å². The SMILES string of the molecule is CC.CC/C(N)=C(/C=S)NC. The molecule has 0 spiro atoms. The maximum absolute atomic E-state index is 5.56. The van der Waals surface area contributed by atoms with E-state index in [9.17, 15) is 0 Å². The van der Waals surface area contributed by atoms with E-state index >= 15 is 0 Å². The molecule has 0 heterocycles. The highest BCUT2D eigenvalue weighted by Crippen LogP contribution is 1.94. The van der Waals surface area contributed by atoms with Crippen LogP contribution in [0.2, 0.25) is 0 Å². The highest BCUT2D eigenvalue weighted by Gasteiger charge is 1.92. The third-order valence-electron chi connectivity index (χ3n) is 1.11. The Balaban J connectivity index is 0. The molecule has 0 saturated carbocycles. The molecule has 0 amide bonds. The molecule has 0 bridgehead atoms. The average molecular weight is 174 g/mol. The molecule has 0 atom stereocenters. The van der Waals surface area contributed by atoms with Gasteiger partial charge in [0.25, 0.3) is 0 Å². The second-order valence-corrected chi connectivity index (χ2v) is 1.90. The number of hydrogen-bond acceptors (Lipinski definition) is 3. The zero-order chi connectivity index (χ0) is 9.28. The van der Waals surface area contributed by atoms with E-state index in [1.165, 1.54) is 0 Å². The van der Waals surface area contributed by atoms with Gasteiger partial charge >= 0.3 is 0 Å². The van der Waals surface area contributed by atoms with Gasteiger partial charge in [0, 0.05) is 18.1 Å². The van der Waals surface area contributed by atoms with Crippen LogP contribution in [0.1, 0.15) is 27.2 Å². The summed E-state index contributed by atoms with van der Waals surface area (Å²) in [7, 11) is 1.81. The Bertz CT molecular complexity index is 130. The summed E-state index contributed by atoms with van der Waals surface area (Å²) in [5, 5.41) is 4.45. The second-order valence-electron chi connectivity index (χ2n) is 1.66. The molecule has 0 radical (unpaired) electrons. The summed E-state index contributed by atoms with van der Waals surface area (Å²) in [4.78, 5) is 0. The minimum Gasteiger partial charge on any atom is -0.400 e. The molecule has 0 aromatic rings. The van der Waals surface area contributed by atoms with Crippen LogP contribution in [0.15, 0.2) is 11.4 Å². The molecule has 0 saturated heterocycles. The molecule has 3 heteroatoms. The van der Waals surface area contributed by atoms with E-state index in [1.807, 2.05) is 20.8 Å². The van der Waals surface area contributed by atoms with E-state index in [0.717, 1.165) is 17.8 Å². The average Bonchev–Trinajstić information content (AvgIpc) is 2.10. The van der Waals surface area contributed by atoms with Crippen molar-refractivity contribution in [3.8, 4) is 0 Å². The van der Waals surface area contributed by atoms with Gasteiger partial charge in [-0.2, -0.15) is 0 Å². The maximum Gasteiger partial charge on any atom is 0.0637 e. The molecule has 0 aliphatic carbocycles. The third-order valence-corrected chi connectivity index (χ3v) is 1.35. The standard InChI is InChI=1S/C6H12N2S.C2H6/c1-3-5(7)6(4-9)8-2;1-2/h4,8H,3,7H2,1-2H3;1-2H3/b6-5+;. The van der Waals surface area contributed by atoms with Crippen molar-refractivity contribution in [2.45, 2.75) is 27.2 Å². The lowest BCUT2D eigenvalue weighted by atomic mass is 10.3. The Morgan fingerprint density at radius 3 is 2.09 bits per heavy atom. The Labute approximate surface area is 74.9 Å². The fourth-order valence-electron chi connectivity index (χ4n) is 0.486. The maximum atomic E-state index is 5.56. The van der Waals surface area contributed by atoms with Gasteiger partial charge in [0.15, 0.2) is 0 Å². The van der Waals surface area contributed by atoms with Crippen LogP contribution in [0, 0.1) is 0 Å². The van der Waals surface area contributed by atoms with Crippen LogP contribution >= 0.6 is 12.2 Å². The van der Waals surface area contributed by atoms with Crippen molar-refractivity contribution in [3.05, 3.63) is 11.4 Å². The molecule has 0 rings (SSSR count). The molecule has 0 aliphatic rings. The van der Waals surface area contributed by atoms with Gasteiger partial charge in [0.05, 0.1) is 5.70 Å². The molecule has 3 N–H and O–H groups in total. The van der Waals surface area contributed by atoms with Gasteiger partial charge in [0.2, 0.25) is 0 Å². The highest BCUT2D eigenvalue weighted by molar-refractivity contribution is 7.79. The predicted octanol–water partition coefficient (Wildman–Crippen LogP) is 1.81. The minimum absolute atomic E-state index is 0.813. The first-order valence-electron chi connectivity index (χ1n) is 3.87. The van der Waals surface area contributed by atoms with Crippen molar-refractivity contribution in [1.29, 1.82) is 0 Å². The van der Waals surface area contributed by atoms with E-state index in [-0.39, 0.29) is 0 Å². The van der Waals surface area contributed by atoms with Crippen LogP contribution in [-0.2, 0) is 0 Å². The molecule has 0 fully saturated rings. The van der Waals surface area contributed by atoms with Crippen molar-refractivity contribution in [3.63, 3.8) is 0 Å². The topological polar surface area (TPSA) is 38.0 Å². The van der Waals surface area contributed by atoms with Gasteiger partial charge in [-0.3, -0.25) is 0 Å². The largest absolute Gasteiger partial charge is 0.400 e. The van der Waals surface area contributed by atoms with E-state index in [4.69, 9.17) is 5.73 Å². The molecule has 0 aromatic heterocycles. The van der Waals surface area contributed by atoms with Crippen molar-refractivity contribution in [1.82, 2.24) is 5.32 Å². The van der Waals surface area contributed by atoms with Crippen LogP contribution < -0.4 is 11.1 Å². The van der Waals surface area contributed by atoms with Crippen LogP contribution in [0.5, 0.6) is 0 Å². The molecular formula is C8H18N2S. The van der Waals surface area contributed by atoms with E-state index in [0.29, 0.717) is 0 Å². The van der Waals surface area contributed by atoms with Gasteiger partial charge in [-0.25, -0.2) is 0 Å². The van der Waals surface area contributed by atoms with E-state index in [2.05, 4.69) is 17.5 Å². The Morgan fingerprint density at radius 1 is 1.55 bits per heavy atom. The first-order valence-corrected chi connectivity index (χ1v) is 4.35. The van der Waals surface area contributed by atoms with Gasteiger partial charge < -0.3 is 11.1 Å². The molecule has 0 unspecified atom stereocenters. The van der Waals surface area contributed by atoms with E-state index < -0.39 is 0 Å².